The van der Waals surface area contributed by atoms with E-state index >= 15 is 0 Å². The van der Waals surface area contributed by atoms with Crippen molar-refractivity contribution < 1.29 is 8.78 Å². The minimum atomic E-state index is -0.409. The summed E-state index contributed by atoms with van der Waals surface area (Å²) >= 11 is 8.83. The quantitative estimate of drug-likeness (QED) is 0.217. The van der Waals surface area contributed by atoms with Gasteiger partial charge in [0.05, 0.1) is 12.1 Å². The van der Waals surface area contributed by atoms with Gasteiger partial charge in [-0.05, 0) is 47.5 Å². The van der Waals surface area contributed by atoms with E-state index in [2.05, 4.69) is 4.98 Å². The Bertz CT molecular complexity index is 1520. The highest BCUT2D eigenvalue weighted by Gasteiger charge is 2.18. The normalized spacial score (nSPS) is 11.5. The van der Waals surface area contributed by atoms with Crippen LogP contribution in [0.15, 0.2) is 70.7 Å². The predicted molar refractivity (Wildman–Crippen MR) is 126 cm³/mol. The first kappa shape index (κ1) is 21.1. The summed E-state index contributed by atoms with van der Waals surface area (Å²) in [5.74, 6) is -0.347. The van der Waals surface area contributed by atoms with E-state index in [0.717, 1.165) is 21.3 Å². The maximum atomic E-state index is 13.5. The number of pyridine rings is 1. The molecule has 4 nitrogen and oxygen atoms in total. The third kappa shape index (κ3) is 4.01. The molecule has 2 aromatic carbocycles. The predicted octanol–water partition coefficient (Wildman–Crippen LogP) is 6.28. The Kier molecular flexibility index (Phi) is 5.67. The first-order valence-corrected chi connectivity index (χ1v) is 11.8. The second-order valence-corrected chi connectivity index (χ2v) is 9.42. The number of hydrogen-bond donors (Lipinski definition) is 0. The average molecular weight is 486 g/mol. The van der Waals surface area contributed by atoms with E-state index in [1.807, 2.05) is 12.1 Å². The molecule has 0 saturated heterocycles. The molecule has 160 valence electrons. The van der Waals surface area contributed by atoms with Crippen molar-refractivity contribution in [3.05, 3.63) is 98.9 Å². The maximum Gasteiger partial charge on any atom is 0.272 e. The minimum absolute atomic E-state index is 0.185. The van der Waals surface area contributed by atoms with Crippen LogP contribution in [-0.2, 0) is 12.3 Å². The monoisotopic (exact) mass is 485 g/mol. The third-order valence-electron chi connectivity index (χ3n) is 4.94. The van der Waals surface area contributed by atoms with Gasteiger partial charge in [-0.1, -0.05) is 41.6 Å². The fourth-order valence-electron chi connectivity index (χ4n) is 3.34. The number of hydrogen-bond acceptors (Lipinski definition) is 5. The molecule has 0 aliphatic carbocycles. The van der Waals surface area contributed by atoms with E-state index in [4.69, 9.17) is 16.6 Å². The van der Waals surface area contributed by atoms with E-state index in [1.54, 1.807) is 29.0 Å². The first-order valence-electron chi connectivity index (χ1n) is 9.59. The highest BCUT2D eigenvalue weighted by Crippen LogP contribution is 2.32. The molecular formula is C23H14ClF2N3OS2. The Morgan fingerprint density at radius 3 is 2.62 bits per heavy atom. The highest BCUT2D eigenvalue weighted by atomic mass is 35.5. The van der Waals surface area contributed by atoms with Gasteiger partial charge in [0.25, 0.3) is 5.56 Å². The van der Waals surface area contributed by atoms with Crippen LogP contribution in [0.2, 0.25) is 5.02 Å². The molecule has 3 heterocycles. The van der Waals surface area contributed by atoms with Crippen LogP contribution in [0, 0.1) is 11.6 Å². The Balaban J connectivity index is 1.62. The van der Waals surface area contributed by atoms with E-state index in [1.165, 1.54) is 47.4 Å². The second-order valence-electron chi connectivity index (χ2n) is 7.07. The van der Waals surface area contributed by atoms with Gasteiger partial charge in [0.2, 0.25) is 0 Å². The summed E-state index contributed by atoms with van der Waals surface area (Å²) in [6.07, 6.45) is 1.68. The van der Waals surface area contributed by atoms with Crippen LogP contribution >= 0.6 is 34.7 Å². The fourth-order valence-corrected chi connectivity index (χ4v) is 5.68. The summed E-state index contributed by atoms with van der Waals surface area (Å²) in [7, 11) is 0. The van der Waals surface area contributed by atoms with Crippen LogP contribution in [0.25, 0.3) is 20.4 Å². The van der Waals surface area contributed by atoms with Crippen molar-refractivity contribution in [1.29, 1.82) is 0 Å². The number of thioether (sulfide) groups is 1. The van der Waals surface area contributed by atoms with Gasteiger partial charge in [-0.15, -0.1) is 11.3 Å². The molecule has 3 aromatic heterocycles. The smallest absolute Gasteiger partial charge is 0.272 e. The number of aromatic nitrogens is 3. The van der Waals surface area contributed by atoms with Crippen LogP contribution in [-0.4, -0.2) is 14.5 Å². The topological polar surface area (TPSA) is 47.8 Å². The van der Waals surface area contributed by atoms with Crippen LogP contribution in [0.1, 0.15) is 11.1 Å². The van der Waals surface area contributed by atoms with E-state index in [0.29, 0.717) is 26.1 Å². The van der Waals surface area contributed by atoms with Crippen molar-refractivity contribution in [3.8, 4) is 0 Å². The van der Waals surface area contributed by atoms with Crippen LogP contribution in [0.3, 0.4) is 0 Å². The largest absolute Gasteiger partial charge is 0.282 e. The summed E-state index contributed by atoms with van der Waals surface area (Å²) < 4.78 is 28.9. The van der Waals surface area contributed by atoms with Crippen molar-refractivity contribution >= 4 is 55.1 Å². The number of thiophene rings is 1. The Labute approximate surface area is 194 Å². The molecule has 0 bridgehead atoms. The van der Waals surface area contributed by atoms with Crippen molar-refractivity contribution in [3.63, 3.8) is 0 Å². The molecular weight excluding hydrogens is 472 g/mol. The molecule has 9 heteroatoms. The van der Waals surface area contributed by atoms with Gasteiger partial charge < -0.3 is 0 Å². The lowest BCUT2D eigenvalue weighted by molar-refractivity contribution is 0.623. The molecule has 0 aliphatic heterocycles. The molecule has 0 spiro atoms. The van der Waals surface area contributed by atoms with Crippen molar-refractivity contribution in [1.82, 2.24) is 14.5 Å². The summed E-state index contributed by atoms with van der Waals surface area (Å²) in [6, 6.07) is 13.9. The molecule has 0 atom stereocenters. The zero-order valence-electron chi connectivity index (χ0n) is 16.4. The molecule has 0 amide bonds. The molecule has 0 fully saturated rings. The summed E-state index contributed by atoms with van der Waals surface area (Å²) in [5.41, 5.74) is 1.93. The lowest BCUT2D eigenvalue weighted by Crippen LogP contribution is -2.23. The van der Waals surface area contributed by atoms with Crippen molar-refractivity contribution in [2.45, 2.75) is 17.5 Å². The van der Waals surface area contributed by atoms with Gasteiger partial charge in [-0.25, -0.2) is 18.7 Å². The molecule has 0 radical (unpaired) electrons. The van der Waals surface area contributed by atoms with E-state index < -0.39 is 5.82 Å². The Hall–Kier alpha value is -2.81. The van der Waals surface area contributed by atoms with Gasteiger partial charge in [0.15, 0.2) is 5.16 Å². The summed E-state index contributed by atoms with van der Waals surface area (Å²) in [5, 5.41) is 1.63. The summed E-state index contributed by atoms with van der Waals surface area (Å²) in [6.45, 7) is 0.239. The molecule has 32 heavy (non-hydrogen) atoms. The third-order valence-corrected chi connectivity index (χ3v) is 7.41. The highest BCUT2D eigenvalue weighted by molar-refractivity contribution is 7.98. The molecule has 0 saturated carbocycles. The van der Waals surface area contributed by atoms with Crippen LogP contribution in [0.5, 0.6) is 0 Å². The number of nitrogens with zero attached hydrogens (tertiary/aromatic N) is 3. The number of benzene rings is 2. The van der Waals surface area contributed by atoms with Crippen LogP contribution < -0.4 is 5.56 Å². The van der Waals surface area contributed by atoms with Crippen LogP contribution in [0.4, 0.5) is 8.78 Å². The second kappa shape index (κ2) is 8.61. The maximum absolute atomic E-state index is 13.5. The minimum Gasteiger partial charge on any atom is -0.282 e. The Morgan fingerprint density at radius 2 is 1.84 bits per heavy atom. The van der Waals surface area contributed by atoms with E-state index in [9.17, 15) is 13.6 Å². The standard InChI is InChI=1S/C23H14ClF2N3OS2/c24-18-10-16(26)8-5-14(18)12-31-23-28-19-17-2-1-9-27-21(17)32-20(19)22(30)29(23)11-13-3-6-15(25)7-4-13/h1-10H,11-12H2. The summed E-state index contributed by atoms with van der Waals surface area (Å²) in [4.78, 5) is 23.4. The van der Waals surface area contributed by atoms with Gasteiger partial charge in [0.1, 0.15) is 21.2 Å². The SMILES string of the molecule is O=c1c2sc3ncccc3c2nc(SCc2ccc(F)cc2Cl)n1Cc1ccc(F)cc1. The number of rotatable bonds is 5. The van der Waals surface area contributed by atoms with Crippen molar-refractivity contribution in [2.75, 3.05) is 0 Å². The van der Waals surface area contributed by atoms with Gasteiger partial charge in [0, 0.05) is 22.4 Å². The lowest BCUT2D eigenvalue weighted by Gasteiger charge is -2.13. The zero-order chi connectivity index (χ0) is 22.2. The molecule has 5 rings (SSSR count). The van der Waals surface area contributed by atoms with Gasteiger partial charge >= 0.3 is 0 Å². The zero-order valence-corrected chi connectivity index (χ0v) is 18.8. The average Bonchev–Trinajstić information content (AvgIpc) is 3.16. The molecule has 5 aromatic rings. The fraction of sp³-hybridized carbons (Fsp3) is 0.0870. The molecule has 0 aliphatic rings. The van der Waals surface area contributed by atoms with Gasteiger partial charge in [-0.3, -0.25) is 9.36 Å². The number of fused-ring (bicyclic) bond motifs is 3. The van der Waals surface area contributed by atoms with Gasteiger partial charge in [-0.2, -0.15) is 0 Å². The Morgan fingerprint density at radius 1 is 1.06 bits per heavy atom. The first-order chi connectivity index (χ1) is 15.5. The van der Waals surface area contributed by atoms with E-state index in [-0.39, 0.29) is 17.9 Å². The lowest BCUT2D eigenvalue weighted by atomic mass is 10.2. The molecule has 0 N–H and O–H groups in total. The number of halogens is 3. The molecule has 0 unspecified atom stereocenters. The van der Waals surface area contributed by atoms with Crippen molar-refractivity contribution in [2.24, 2.45) is 0 Å².